The molecular formula is C30H49N3O6. The minimum Gasteiger partial charge on any atom is -0.493 e. The third-order valence-electron chi connectivity index (χ3n) is 7.92. The zero-order valence-corrected chi connectivity index (χ0v) is 24.5. The van der Waals surface area contributed by atoms with Crippen LogP contribution in [0.2, 0.25) is 0 Å². The summed E-state index contributed by atoms with van der Waals surface area (Å²) in [4.78, 5) is 26.3. The first kappa shape index (κ1) is 31.2. The standard InChI is InChI=1S/C30H49N3O6/c1-20(2)33-29(34)24-12-13-26(37-4)28(39-15-9-14-36-3)25(24)16-22-17-31-18-23(22)19-32-30(35)27(38-5)21-10-7-6-8-11-21/h12-13,20-23,27,31H,6-11,14-19H2,1-5H3,(H,32,35)(H,33,34)/t22-,23+,27+/m1/s1. The van der Waals surface area contributed by atoms with Crippen molar-refractivity contribution in [3.05, 3.63) is 23.3 Å². The summed E-state index contributed by atoms with van der Waals surface area (Å²) in [5.74, 6) is 1.78. The lowest BCUT2D eigenvalue weighted by Gasteiger charge is -2.29. The van der Waals surface area contributed by atoms with Crippen LogP contribution in [0.1, 0.15) is 68.3 Å². The first-order valence-electron chi connectivity index (χ1n) is 14.5. The number of hydrogen-bond donors (Lipinski definition) is 3. The van der Waals surface area contributed by atoms with Gasteiger partial charge >= 0.3 is 0 Å². The Morgan fingerprint density at radius 3 is 2.44 bits per heavy atom. The van der Waals surface area contributed by atoms with Crippen molar-refractivity contribution in [3.8, 4) is 11.5 Å². The fraction of sp³-hybridized carbons (Fsp3) is 0.733. The summed E-state index contributed by atoms with van der Waals surface area (Å²) < 4.78 is 22.7. The molecular weight excluding hydrogens is 498 g/mol. The Kier molecular flexibility index (Phi) is 12.8. The van der Waals surface area contributed by atoms with E-state index in [9.17, 15) is 9.59 Å². The van der Waals surface area contributed by atoms with E-state index in [-0.39, 0.29) is 35.6 Å². The number of amides is 2. The van der Waals surface area contributed by atoms with E-state index < -0.39 is 6.10 Å². The van der Waals surface area contributed by atoms with Crippen molar-refractivity contribution in [3.63, 3.8) is 0 Å². The number of carbonyl (C=O) groups is 2. The van der Waals surface area contributed by atoms with E-state index in [0.29, 0.717) is 43.2 Å². The van der Waals surface area contributed by atoms with Gasteiger partial charge in [0.15, 0.2) is 11.5 Å². The van der Waals surface area contributed by atoms with Gasteiger partial charge in [-0.15, -0.1) is 0 Å². The molecule has 1 saturated heterocycles. The summed E-state index contributed by atoms with van der Waals surface area (Å²) >= 11 is 0. The van der Waals surface area contributed by atoms with Crippen LogP contribution in [0.4, 0.5) is 0 Å². The van der Waals surface area contributed by atoms with Gasteiger partial charge in [-0.2, -0.15) is 0 Å². The smallest absolute Gasteiger partial charge is 0.251 e. The van der Waals surface area contributed by atoms with E-state index >= 15 is 0 Å². The molecule has 1 aliphatic carbocycles. The minimum absolute atomic E-state index is 0.00697. The molecule has 2 amide bonds. The molecule has 3 rings (SSSR count). The highest BCUT2D eigenvalue weighted by molar-refractivity contribution is 5.97. The number of nitrogens with one attached hydrogen (secondary N) is 3. The SMILES string of the molecule is COCCCOc1c(OC)ccc(C(=O)NC(C)C)c1C[C@@H]1CNC[C@H]1CNC(=O)[C@@H](OC)C1CCCCC1. The Morgan fingerprint density at radius 1 is 1.03 bits per heavy atom. The van der Waals surface area contributed by atoms with E-state index in [4.69, 9.17) is 18.9 Å². The average Bonchev–Trinajstić information content (AvgIpc) is 3.37. The molecule has 220 valence electrons. The van der Waals surface area contributed by atoms with Gasteiger partial charge in [0, 0.05) is 51.0 Å². The van der Waals surface area contributed by atoms with Gasteiger partial charge in [0.2, 0.25) is 5.91 Å². The molecule has 2 aliphatic rings. The zero-order chi connectivity index (χ0) is 28.2. The molecule has 0 spiro atoms. The van der Waals surface area contributed by atoms with Crippen LogP contribution in [0.5, 0.6) is 11.5 Å². The maximum atomic E-state index is 13.2. The average molecular weight is 548 g/mol. The summed E-state index contributed by atoms with van der Waals surface area (Å²) in [5, 5.41) is 9.70. The molecule has 3 N–H and O–H groups in total. The van der Waals surface area contributed by atoms with Crippen LogP contribution < -0.4 is 25.4 Å². The van der Waals surface area contributed by atoms with Crippen molar-refractivity contribution in [1.29, 1.82) is 0 Å². The van der Waals surface area contributed by atoms with Crippen molar-refractivity contribution in [2.75, 3.05) is 54.2 Å². The van der Waals surface area contributed by atoms with Gasteiger partial charge < -0.3 is 34.9 Å². The summed E-state index contributed by atoms with van der Waals surface area (Å²) in [6.07, 6.45) is 6.61. The Hall–Kier alpha value is -2.36. The molecule has 39 heavy (non-hydrogen) atoms. The highest BCUT2D eigenvalue weighted by atomic mass is 16.5. The first-order chi connectivity index (χ1) is 18.9. The Bertz CT molecular complexity index is 918. The lowest BCUT2D eigenvalue weighted by molar-refractivity contribution is -0.135. The number of benzene rings is 1. The number of carbonyl (C=O) groups excluding carboxylic acids is 2. The van der Waals surface area contributed by atoms with Crippen LogP contribution >= 0.6 is 0 Å². The van der Waals surface area contributed by atoms with Crippen LogP contribution in [0, 0.1) is 17.8 Å². The van der Waals surface area contributed by atoms with Gasteiger partial charge in [-0.25, -0.2) is 0 Å². The molecule has 1 aromatic rings. The fourth-order valence-corrected chi connectivity index (χ4v) is 5.87. The summed E-state index contributed by atoms with van der Waals surface area (Å²) in [6.45, 7) is 7.09. The molecule has 0 radical (unpaired) electrons. The quantitative estimate of drug-likeness (QED) is 0.289. The summed E-state index contributed by atoms with van der Waals surface area (Å²) in [5.41, 5.74) is 1.43. The maximum Gasteiger partial charge on any atom is 0.251 e. The predicted octanol–water partition coefficient (Wildman–Crippen LogP) is 3.34. The number of methoxy groups -OCH3 is 3. The highest BCUT2D eigenvalue weighted by Gasteiger charge is 2.33. The van der Waals surface area contributed by atoms with Gasteiger partial charge in [0.05, 0.1) is 13.7 Å². The second-order valence-corrected chi connectivity index (χ2v) is 11.1. The van der Waals surface area contributed by atoms with Crippen LogP contribution in [0.3, 0.4) is 0 Å². The van der Waals surface area contributed by atoms with Crippen molar-refractivity contribution in [1.82, 2.24) is 16.0 Å². The van der Waals surface area contributed by atoms with Gasteiger partial charge in [0.25, 0.3) is 5.91 Å². The minimum atomic E-state index is -0.394. The highest BCUT2D eigenvalue weighted by Crippen LogP contribution is 2.37. The Balaban J connectivity index is 1.77. The third kappa shape index (κ3) is 8.82. The van der Waals surface area contributed by atoms with Crippen molar-refractivity contribution >= 4 is 11.8 Å². The second-order valence-electron chi connectivity index (χ2n) is 11.1. The number of ether oxygens (including phenoxy) is 4. The Morgan fingerprint density at radius 2 is 1.77 bits per heavy atom. The van der Waals surface area contributed by atoms with Crippen molar-refractivity contribution in [2.24, 2.45) is 17.8 Å². The molecule has 9 heteroatoms. The molecule has 0 aromatic heterocycles. The zero-order valence-electron chi connectivity index (χ0n) is 24.5. The maximum absolute atomic E-state index is 13.2. The fourth-order valence-electron chi connectivity index (χ4n) is 5.87. The molecule has 9 nitrogen and oxygen atoms in total. The molecule has 2 fully saturated rings. The lowest BCUT2D eigenvalue weighted by Crippen LogP contribution is -2.44. The molecule has 1 saturated carbocycles. The molecule has 1 heterocycles. The van der Waals surface area contributed by atoms with Crippen LogP contribution in [-0.4, -0.2) is 78.1 Å². The van der Waals surface area contributed by atoms with Crippen LogP contribution in [0.15, 0.2) is 12.1 Å². The normalized spacial score (nSPS) is 20.6. The van der Waals surface area contributed by atoms with Crippen LogP contribution in [-0.2, 0) is 20.7 Å². The van der Waals surface area contributed by atoms with Gasteiger partial charge in [-0.3, -0.25) is 9.59 Å². The third-order valence-corrected chi connectivity index (χ3v) is 7.92. The van der Waals surface area contributed by atoms with E-state index in [1.165, 1.54) is 6.42 Å². The predicted molar refractivity (Wildman–Crippen MR) is 152 cm³/mol. The number of rotatable bonds is 15. The Labute approximate surface area is 234 Å². The monoisotopic (exact) mass is 547 g/mol. The topological polar surface area (TPSA) is 107 Å². The van der Waals surface area contributed by atoms with Crippen molar-refractivity contribution < 1.29 is 28.5 Å². The number of hydrogen-bond acceptors (Lipinski definition) is 7. The second kappa shape index (κ2) is 16.0. The largest absolute Gasteiger partial charge is 0.493 e. The lowest BCUT2D eigenvalue weighted by atomic mass is 9.84. The summed E-state index contributed by atoms with van der Waals surface area (Å²) in [7, 11) is 4.92. The van der Waals surface area contributed by atoms with Gasteiger partial charge in [-0.1, -0.05) is 19.3 Å². The summed E-state index contributed by atoms with van der Waals surface area (Å²) in [6, 6.07) is 3.62. The van der Waals surface area contributed by atoms with Gasteiger partial charge in [-0.05, 0) is 76.1 Å². The molecule has 0 unspecified atom stereocenters. The van der Waals surface area contributed by atoms with Gasteiger partial charge in [0.1, 0.15) is 6.10 Å². The first-order valence-corrected chi connectivity index (χ1v) is 14.5. The van der Waals surface area contributed by atoms with E-state index in [1.54, 1.807) is 27.4 Å². The van der Waals surface area contributed by atoms with E-state index in [2.05, 4.69) is 16.0 Å². The molecule has 1 aromatic carbocycles. The molecule has 0 bridgehead atoms. The molecule has 1 aliphatic heterocycles. The molecule has 3 atom stereocenters. The van der Waals surface area contributed by atoms with E-state index in [0.717, 1.165) is 50.8 Å². The van der Waals surface area contributed by atoms with Crippen molar-refractivity contribution in [2.45, 2.75) is 70.9 Å². The van der Waals surface area contributed by atoms with Crippen LogP contribution in [0.25, 0.3) is 0 Å². The van der Waals surface area contributed by atoms with E-state index in [1.807, 2.05) is 19.9 Å².